The van der Waals surface area contributed by atoms with Gasteiger partial charge in [0.15, 0.2) is 5.11 Å². The molecule has 0 radical (unpaired) electrons. The molecule has 7 heteroatoms. The number of ether oxygens (including phenoxy) is 1. The Morgan fingerprint density at radius 3 is 2.87 bits per heavy atom. The number of hydrazone groups is 1. The van der Waals surface area contributed by atoms with Crippen molar-refractivity contribution in [3.05, 3.63) is 63.9 Å². The fraction of sp³-hybridized carbons (Fsp3) is 0.125. The zero-order chi connectivity index (χ0) is 16.7. The highest BCUT2D eigenvalue weighted by Crippen LogP contribution is 2.23. The molecule has 0 saturated heterocycles. The van der Waals surface area contributed by atoms with E-state index in [1.165, 1.54) is 6.07 Å². The van der Waals surface area contributed by atoms with Crippen molar-refractivity contribution < 1.29 is 9.13 Å². The summed E-state index contributed by atoms with van der Waals surface area (Å²) in [5.41, 5.74) is 3.90. The first-order valence-corrected chi connectivity index (χ1v) is 7.97. The minimum absolute atomic E-state index is 0.136. The number of nitrogens with one attached hydrogen (secondary N) is 2. The summed E-state index contributed by atoms with van der Waals surface area (Å²) in [7, 11) is 1.70. The van der Waals surface area contributed by atoms with E-state index >= 15 is 0 Å². The average Bonchev–Trinajstić information content (AvgIpc) is 2.55. The normalized spacial score (nSPS) is 10.6. The predicted molar refractivity (Wildman–Crippen MR) is 97.3 cm³/mol. The van der Waals surface area contributed by atoms with Crippen LogP contribution in [0, 0.1) is 5.82 Å². The lowest BCUT2D eigenvalue weighted by Gasteiger charge is -2.10. The summed E-state index contributed by atoms with van der Waals surface area (Å²) in [6, 6.07) is 12.0. The van der Waals surface area contributed by atoms with E-state index in [4.69, 9.17) is 17.0 Å². The van der Waals surface area contributed by atoms with Crippen molar-refractivity contribution in [1.29, 1.82) is 0 Å². The molecule has 4 nitrogen and oxygen atoms in total. The Balaban J connectivity index is 2.12. The number of halogens is 2. The van der Waals surface area contributed by atoms with E-state index in [9.17, 15) is 4.39 Å². The molecule has 0 atom stereocenters. The summed E-state index contributed by atoms with van der Waals surface area (Å²) in [4.78, 5) is 0. The number of nitrogens with zero attached hydrogens (tertiary/aromatic N) is 1. The van der Waals surface area contributed by atoms with Crippen molar-refractivity contribution >= 4 is 39.5 Å². The average molecular weight is 396 g/mol. The van der Waals surface area contributed by atoms with Gasteiger partial charge >= 0.3 is 0 Å². The second kappa shape index (κ2) is 8.59. The lowest BCUT2D eigenvalue weighted by atomic mass is 10.2. The van der Waals surface area contributed by atoms with Gasteiger partial charge in [0.05, 0.1) is 6.21 Å². The summed E-state index contributed by atoms with van der Waals surface area (Å²) >= 11 is 8.34. The van der Waals surface area contributed by atoms with Crippen LogP contribution in [0.4, 0.5) is 4.39 Å². The molecule has 0 aliphatic heterocycles. The van der Waals surface area contributed by atoms with Crippen molar-refractivity contribution in [3.8, 4) is 5.75 Å². The SMILES string of the molecule is CNC(=S)N/N=C/c1cc(Br)ccc1OCc1ccccc1F. The van der Waals surface area contributed by atoms with Crippen LogP contribution >= 0.6 is 28.1 Å². The standard InChI is InChI=1S/C16H15BrFN3OS/c1-19-16(23)21-20-9-12-8-13(17)6-7-15(12)22-10-11-4-2-3-5-14(11)18/h2-9H,10H2,1H3,(H2,19,21,23)/b20-9+. The molecule has 0 aliphatic rings. The molecule has 0 fully saturated rings. The van der Waals surface area contributed by atoms with Crippen LogP contribution in [0.1, 0.15) is 11.1 Å². The van der Waals surface area contributed by atoms with Crippen molar-refractivity contribution in [2.75, 3.05) is 7.05 Å². The van der Waals surface area contributed by atoms with E-state index in [1.807, 2.05) is 12.1 Å². The lowest BCUT2D eigenvalue weighted by molar-refractivity contribution is 0.299. The quantitative estimate of drug-likeness (QED) is 0.461. The van der Waals surface area contributed by atoms with Crippen LogP contribution in [0.25, 0.3) is 0 Å². The summed E-state index contributed by atoms with van der Waals surface area (Å²) in [6.45, 7) is 0.136. The van der Waals surface area contributed by atoms with Crippen LogP contribution in [0.15, 0.2) is 52.0 Å². The third kappa shape index (κ3) is 5.30. The topological polar surface area (TPSA) is 45.7 Å². The Bertz CT molecular complexity index is 724. The Morgan fingerprint density at radius 1 is 1.35 bits per heavy atom. The first kappa shape index (κ1) is 17.4. The van der Waals surface area contributed by atoms with E-state index in [0.717, 1.165) is 10.0 Å². The Hall–Kier alpha value is -1.99. The van der Waals surface area contributed by atoms with Gasteiger partial charge in [0.1, 0.15) is 18.2 Å². The highest BCUT2D eigenvalue weighted by molar-refractivity contribution is 9.10. The second-order valence-corrected chi connectivity index (χ2v) is 5.84. The second-order valence-electron chi connectivity index (χ2n) is 4.51. The molecule has 0 aromatic heterocycles. The molecule has 0 spiro atoms. The third-order valence-corrected chi connectivity index (χ3v) is 3.70. The molecule has 0 heterocycles. The van der Waals surface area contributed by atoms with Gasteiger partial charge in [-0.25, -0.2) is 4.39 Å². The Morgan fingerprint density at radius 2 is 2.13 bits per heavy atom. The van der Waals surface area contributed by atoms with Crippen molar-refractivity contribution in [1.82, 2.24) is 10.7 Å². The maximum absolute atomic E-state index is 13.6. The van der Waals surface area contributed by atoms with Crippen molar-refractivity contribution in [3.63, 3.8) is 0 Å². The fourth-order valence-corrected chi connectivity index (χ4v) is 2.17. The summed E-state index contributed by atoms with van der Waals surface area (Å²) in [5, 5.41) is 7.20. The summed E-state index contributed by atoms with van der Waals surface area (Å²) in [6.07, 6.45) is 1.59. The first-order chi connectivity index (χ1) is 11.1. The van der Waals surface area contributed by atoms with Crippen LogP contribution < -0.4 is 15.5 Å². The molecule has 0 saturated carbocycles. The fourth-order valence-electron chi connectivity index (χ4n) is 1.74. The largest absolute Gasteiger partial charge is 0.488 e. The lowest BCUT2D eigenvalue weighted by Crippen LogP contribution is -2.28. The van der Waals surface area contributed by atoms with E-state index < -0.39 is 0 Å². The zero-order valence-electron chi connectivity index (χ0n) is 12.3. The highest BCUT2D eigenvalue weighted by Gasteiger charge is 2.06. The Kier molecular flexibility index (Phi) is 6.49. The highest BCUT2D eigenvalue weighted by atomic mass is 79.9. The van der Waals surface area contributed by atoms with Gasteiger partial charge in [0.2, 0.25) is 0 Å². The van der Waals surface area contributed by atoms with Crippen LogP contribution in [0.2, 0.25) is 0 Å². The van der Waals surface area contributed by atoms with Gasteiger partial charge < -0.3 is 10.1 Å². The van der Waals surface area contributed by atoms with E-state index in [0.29, 0.717) is 16.4 Å². The van der Waals surface area contributed by atoms with Gasteiger partial charge in [0, 0.05) is 22.6 Å². The van der Waals surface area contributed by atoms with E-state index in [1.54, 1.807) is 37.5 Å². The molecule has 120 valence electrons. The van der Waals surface area contributed by atoms with Crippen LogP contribution in [0.5, 0.6) is 5.75 Å². The van der Waals surface area contributed by atoms with Gasteiger partial charge in [0.25, 0.3) is 0 Å². The minimum Gasteiger partial charge on any atom is -0.488 e. The van der Waals surface area contributed by atoms with E-state index in [-0.39, 0.29) is 12.4 Å². The van der Waals surface area contributed by atoms with Crippen molar-refractivity contribution in [2.45, 2.75) is 6.61 Å². The van der Waals surface area contributed by atoms with Crippen LogP contribution in [-0.2, 0) is 6.61 Å². The third-order valence-electron chi connectivity index (χ3n) is 2.91. The van der Waals surface area contributed by atoms with Crippen molar-refractivity contribution in [2.24, 2.45) is 5.10 Å². The number of rotatable bonds is 5. The number of benzene rings is 2. The molecule has 2 aromatic carbocycles. The summed E-state index contributed by atoms with van der Waals surface area (Å²) < 4.78 is 20.2. The molecule has 23 heavy (non-hydrogen) atoms. The van der Waals surface area contributed by atoms with E-state index in [2.05, 4.69) is 31.8 Å². The summed E-state index contributed by atoms with van der Waals surface area (Å²) in [5.74, 6) is 0.304. The maximum Gasteiger partial charge on any atom is 0.186 e. The first-order valence-electron chi connectivity index (χ1n) is 6.76. The van der Waals surface area contributed by atoms with Gasteiger partial charge in [-0.05, 0) is 36.5 Å². The Labute approximate surface area is 147 Å². The molecule has 2 N–H and O–H groups in total. The molecule has 2 aromatic rings. The molecule has 0 aliphatic carbocycles. The number of hydrogen-bond donors (Lipinski definition) is 2. The maximum atomic E-state index is 13.6. The molecular formula is C16H15BrFN3OS. The van der Waals surface area contributed by atoms with Crippen LogP contribution in [0.3, 0.4) is 0 Å². The van der Waals surface area contributed by atoms with Gasteiger partial charge in [-0.3, -0.25) is 5.43 Å². The minimum atomic E-state index is -0.291. The van der Waals surface area contributed by atoms with Gasteiger partial charge in [-0.1, -0.05) is 34.1 Å². The number of hydrogen-bond acceptors (Lipinski definition) is 3. The smallest absolute Gasteiger partial charge is 0.186 e. The number of thiocarbonyl (C=S) groups is 1. The molecule has 2 rings (SSSR count). The molecule has 0 bridgehead atoms. The predicted octanol–water partition coefficient (Wildman–Crippen LogP) is 3.60. The monoisotopic (exact) mass is 395 g/mol. The van der Waals surface area contributed by atoms with Gasteiger partial charge in [-0.2, -0.15) is 5.10 Å². The van der Waals surface area contributed by atoms with Gasteiger partial charge in [-0.15, -0.1) is 0 Å². The van der Waals surface area contributed by atoms with Crippen LogP contribution in [-0.4, -0.2) is 18.4 Å². The molecule has 0 unspecified atom stereocenters. The molecular weight excluding hydrogens is 381 g/mol. The molecule has 0 amide bonds. The zero-order valence-corrected chi connectivity index (χ0v) is 14.7.